The predicted molar refractivity (Wildman–Crippen MR) is 73.8 cm³/mol. The van der Waals surface area contributed by atoms with E-state index in [4.69, 9.17) is 0 Å². The van der Waals surface area contributed by atoms with E-state index < -0.39 is 6.43 Å². The lowest BCUT2D eigenvalue weighted by Crippen LogP contribution is -2.44. The molecule has 114 valence electrons. The van der Waals surface area contributed by atoms with Gasteiger partial charge in [-0.15, -0.1) is 0 Å². The topological polar surface area (TPSA) is 54.0 Å². The monoisotopic (exact) mass is 295 g/mol. The van der Waals surface area contributed by atoms with Gasteiger partial charge in [-0.3, -0.25) is 4.98 Å². The molecule has 0 radical (unpaired) electrons. The van der Waals surface area contributed by atoms with Crippen LogP contribution < -0.4 is 10.6 Å². The summed E-state index contributed by atoms with van der Waals surface area (Å²) in [5.74, 6) is 1.39. The van der Waals surface area contributed by atoms with Crippen molar-refractivity contribution in [3.05, 3.63) is 29.6 Å². The van der Waals surface area contributed by atoms with Crippen LogP contribution in [0.3, 0.4) is 0 Å². The molecular formula is C15H19F2N3O. The number of halogens is 2. The smallest absolute Gasteiger partial charge is 0.315 e. The first-order valence-corrected chi connectivity index (χ1v) is 7.39. The highest BCUT2D eigenvalue weighted by atomic mass is 19.3. The Bertz CT molecular complexity index is 523. The van der Waals surface area contributed by atoms with Gasteiger partial charge < -0.3 is 10.6 Å². The first-order valence-electron chi connectivity index (χ1n) is 7.39. The molecule has 2 N–H and O–H groups in total. The molecule has 2 saturated carbocycles. The van der Waals surface area contributed by atoms with Crippen LogP contribution in [-0.2, 0) is 6.54 Å². The van der Waals surface area contributed by atoms with Crippen molar-refractivity contribution in [2.24, 2.45) is 11.8 Å². The number of nitrogens with one attached hydrogen (secondary N) is 2. The summed E-state index contributed by atoms with van der Waals surface area (Å²) in [5.41, 5.74) is 0.367. The number of pyridine rings is 1. The van der Waals surface area contributed by atoms with Crippen LogP contribution in [0.25, 0.3) is 0 Å². The fraction of sp³-hybridized carbons (Fsp3) is 0.600. The minimum absolute atomic E-state index is 0.219. The molecule has 3 atom stereocenters. The first-order chi connectivity index (χ1) is 10.1. The largest absolute Gasteiger partial charge is 0.335 e. The number of urea groups is 1. The number of amides is 2. The van der Waals surface area contributed by atoms with Crippen molar-refractivity contribution < 1.29 is 13.6 Å². The zero-order valence-electron chi connectivity index (χ0n) is 11.7. The number of fused-ring (bicyclic) bond motifs is 2. The Kier molecular flexibility index (Phi) is 4.03. The number of carbonyl (C=O) groups is 1. The normalized spacial score (nSPS) is 27.1. The summed E-state index contributed by atoms with van der Waals surface area (Å²) >= 11 is 0. The van der Waals surface area contributed by atoms with Gasteiger partial charge in [0.2, 0.25) is 0 Å². The molecule has 0 spiro atoms. The molecule has 0 saturated heterocycles. The minimum atomic E-state index is -2.59. The number of hydrogen-bond acceptors (Lipinski definition) is 2. The van der Waals surface area contributed by atoms with Gasteiger partial charge in [-0.2, -0.15) is 0 Å². The van der Waals surface area contributed by atoms with Crippen molar-refractivity contribution in [1.29, 1.82) is 0 Å². The van der Waals surface area contributed by atoms with Crippen LogP contribution in [0.15, 0.2) is 18.3 Å². The number of hydrogen-bond donors (Lipinski definition) is 2. The highest BCUT2D eigenvalue weighted by molar-refractivity contribution is 5.74. The van der Waals surface area contributed by atoms with Gasteiger partial charge in [0, 0.05) is 18.8 Å². The van der Waals surface area contributed by atoms with Gasteiger partial charge in [0.1, 0.15) is 5.69 Å². The zero-order valence-corrected chi connectivity index (χ0v) is 11.7. The average Bonchev–Trinajstić information content (AvgIpc) is 3.08. The van der Waals surface area contributed by atoms with E-state index in [2.05, 4.69) is 15.6 Å². The third kappa shape index (κ3) is 3.31. The molecule has 0 aliphatic heterocycles. The molecule has 2 fully saturated rings. The van der Waals surface area contributed by atoms with Crippen molar-refractivity contribution in [3.63, 3.8) is 0 Å². The van der Waals surface area contributed by atoms with Gasteiger partial charge in [-0.1, -0.05) is 6.42 Å². The summed E-state index contributed by atoms with van der Waals surface area (Å²) in [6.07, 6.45) is 3.55. The lowest BCUT2D eigenvalue weighted by atomic mass is 9.95. The van der Waals surface area contributed by atoms with Gasteiger partial charge in [0.25, 0.3) is 6.43 Å². The van der Waals surface area contributed by atoms with E-state index in [1.807, 2.05) is 0 Å². The molecule has 6 heteroatoms. The molecule has 3 unspecified atom stereocenters. The highest BCUT2D eigenvalue weighted by Crippen LogP contribution is 2.44. The molecule has 2 aliphatic carbocycles. The Morgan fingerprint density at radius 2 is 2.24 bits per heavy atom. The van der Waals surface area contributed by atoms with Crippen LogP contribution in [0.4, 0.5) is 13.6 Å². The summed E-state index contributed by atoms with van der Waals surface area (Å²) in [6, 6.07) is 3.01. The third-order valence-electron chi connectivity index (χ3n) is 4.58. The van der Waals surface area contributed by atoms with Gasteiger partial charge in [-0.25, -0.2) is 13.6 Å². The number of alkyl halides is 2. The van der Waals surface area contributed by atoms with Crippen molar-refractivity contribution in [3.8, 4) is 0 Å². The summed E-state index contributed by atoms with van der Waals surface area (Å²) in [7, 11) is 0. The van der Waals surface area contributed by atoms with Crippen molar-refractivity contribution in [1.82, 2.24) is 15.6 Å². The molecular weight excluding hydrogens is 276 g/mol. The lowest BCUT2D eigenvalue weighted by Gasteiger charge is -2.23. The zero-order chi connectivity index (χ0) is 14.8. The molecule has 1 aromatic rings. The molecule has 3 rings (SSSR count). The van der Waals surface area contributed by atoms with E-state index in [9.17, 15) is 13.6 Å². The van der Waals surface area contributed by atoms with Gasteiger partial charge in [0.15, 0.2) is 0 Å². The van der Waals surface area contributed by atoms with Crippen LogP contribution in [0.1, 0.15) is 43.4 Å². The maximum absolute atomic E-state index is 12.5. The molecule has 2 bridgehead atoms. The number of rotatable bonds is 4. The van der Waals surface area contributed by atoms with E-state index in [-0.39, 0.29) is 24.3 Å². The van der Waals surface area contributed by atoms with Crippen LogP contribution in [0.5, 0.6) is 0 Å². The Morgan fingerprint density at radius 1 is 1.38 bits per heavy atom. The first kappa shape index (κ1) is 14.2. The predicted octanol–water partition coefficient (Wildman–Crippen LogP) is 3.01. The van der Waals surface area contributed by atoms with Gasteiger partial charge in [0.05, 0.1) is 0 Å². The van der Waals surface area contributed by atoms with Crippen LogP contribution >= 0.6 is 0 Å². The van der Waals surface area contributed by atoms with Crippen molar-refractivity contribution in [2.75, 3.05) is 0 Å². The fourth-order valence-electron chi connectivity index (χ4n) is 3.55. The molecule has 21 heavy (non-hydrogen) atoms. The fourth-order valence-corrected chi connectivity index (χ4v) is 3.55. The summed E-state index contributed by atoms with van der Waals surface area (Å²) < 4.78 is 25.1. The number of carbonyl (C=O) groups excluding carboxylic acids is 1. The Hall–Kier alpha value is -1.72. The Balaban J connectivity index is 1.48. The van der Waals surface area contributed by atoms with Crippen molar-refractivity contribution in [2.45, 2.75) is 44.7 Å². The Labute approximate surface area is 122 Å². The van der Waals surface area contributed by atoms with E-state index in [0.717, 1.165) is 12.3 Å². The van der Waals surface area contributed by atoms with E-state index >= 15 is 0 Å². The van der Waals surface area contributed by atoms with Crippen LogP contribution in [0.2, 0.25) is 0 Å². The molecule has 1 heterocycles. The Morgan fingerprint density at radius 3 is 2.90 bits per heavy atom. The highest BCUT2D eigenvalue weighted by Gasteiger charge is 2.40. The number of aromatic nitrogens is 1. The SMILES string of the molecule is O=C(NCc1ccnc(C(F)F)c1)NC1CC2CCC1C2. The maximum atomic E-state index is 12.5. The van der Waals surface area contributed by atoms with Gasteiger partial charge in [-0.05, 0) is 48.8 Å². The summed E-state index contributed by atoms with van der Waals surface area (Å²) in [4.78, 5) is 15.5. The quantitative estimate of drug-likeness (QED) is 0.897. The van der Waals surface area contributed by atoms with Crippen molar-refractivity contribution >= 4 is 6.03 Å². The van der Waals surface area contributed by atoms with Gasteiger partial charge >= 0.3 is 6.03 Å². The van der Waals surface area contributed by atoms with E-state index in [1.54, 1.807) is 6.07 Å². The average molecular weight is 295 g/mol. The molecule has 1 aromatic heterocycles. The number of nitrogens with zero attached hydrogens (tertiary/aromatic N) is 1. The summed E-state index contributed by atoms with van der Waals surface area (Å²) in [5, 5.41) is 5.73. The second kappa shape index (κ2) is 5.95. The summed E-state index contributed by atoms with van der Waals surface area (Å²) in [6.45, 7) is 0.231. The molecule has 4 nitrogen and oxygen atoms in total. The minimum Gasteiger partial charge on any atom is -0.335 e. The third-order valence-corrected chi connectivity index (χ3v) is 4.58. The van der Waals surface area contributed by atoms with Crippen LogP contribution in [0, 0.1) is 11.8 Å². The van der Waals surface area contributed by atoms with E-state index in [1.165, 1.54) is 31.5 Å². The lowest BCUT2D eigenvalue weighted by molar-refractivity contribution is 0.146. The molecule has 2 amide bonds. The molecule has 2 aliphatic rings. The van der Waals surface area contributed by atoms with Crippen LogP contribution in [-0.4, -0.2) is 17.1 Å². The van der Waals surface area contributed by atoms with E-state index in [0.29, 0.717) is 11.5 Å². The molecule has 0 aromatic carbocycles. The second-order valence-corrected chi connectivity index (χ2v) is 6.00. The maximum Gasteiger partial charge on any atom is 0.315 e. The standard InChI is InChI=1S/C15H19F2N3O/c16-14(17)13-7-10(3-4-18-13)8-19-15(21)20-12-6-9-1-2-11(12)5-9/h3-4,7,9,11-12,14H,1-2,5-6,8H2,(H2,19,20,21). The second-order valence-electron chi connectivity index (χ2n) is 6.00.